The third-order valence-corrected chi connectivity index (χ3v) is 5.06. The lowest BCUT2D eigenvalue weighted by molar-refractivity contribution is -0.137. The number of anilines is 1. The van der Waals surface area contributed by atoms with Gasteiger partial charge in [0.25, 0.3) is 5.91 Å². The van der Waals surface area contributed by atoms with Crippen molar-refractivity contribution < 1.29 is 18.0 Å². The Labute approximate surface area is 165 Å². The van der Waals surface area contributed by atoms with Crippen molar-refractivity contribution in [2.24, 2.45) is 0 Å². The SMILES string of the molecule is O=C(NC1CCN(c2ccc(C(F)(F)F)cn2)CC1)c1ccc2ccccc2n1. The number of piperidine rings is 1. The molecule has 1 aliphatic heterocycles. The van der Waals surface area contributed by atoms with Crippen molar-refractivity contribution in [3.8, 4) is 0 Å². The topological polar surface area (TPSA) is 58.1 Å². The summed E-state index contributed by atoms with van der Waals surface area (Å²) in [5, 5.41) is 3.98. The molecule has 0 spiro atoms. The molecule has 2 aromatic heterocycles. The molecular formula is C21H19F3N4O. The number of amides is 1. The molecular weight excluding hydrogens is 381 g/mol. The molecule has 150 valence electrons. The van der Waals surface area contributed by atoms with Crippen LogP contribution in [0.25, 0.3) is 10.9 Å². The van der Waals surface area contributed by atoms with Crippen LogP contribution in [0.4, 0.5) is 19.0 Å². The predicted molar refractivity (Wildman–Crippen MR) is 104 cm³/mol. The number of hydrogen-bond donors (Lipinski definition) is 1. The number of benzene rings is 1. The third-order valence-electron chi connectivity index (χ3n) is 5.06. The van der Waals surface area contributed by atoms with Gasteiger partial charge in [0.1, 0.15) is 11.5 Å². The quantitative estimate of drug-likeness (QED) is 0.721. The molecule has 1 aliphatic rings. The second-order valence-electron chi connectivity index (χ2n) is 7.03. The minimum atomic E-state index is -4.39. The Morgan fingerprint density at radius 2 is 1.79 bits per heavy atom. The van der Waals surface area contributed by atoms with Gasteiger partial charge in [0.05, 0.1) is 11.1 Å². The van der Waals surface area contributed by atoms with E-state index in [0.717, 1.165) is 23.2 Å². The minimum Gasteiger partial charge on any atom is -0.356 e. The summed E-state index contributed by atoms with van der Waals surface area (Å²) in [6.45, 7) is 1.21. The Bertz CT molecular complexity index is 1010. The number of halogens is 3. The van der Waals surface area contributed by atoms with Crippen molar-refractivity contribution in [2.75, 3.05) is 18.0 Å². The summed E-state index contributed by atoms with van der Waals surface area (Å²) in [6, 6.07) is 13.6. The van der Waals surface area contributed by atoms with Crippen LogP contribution in [0, 0.1) is 0 Å². The van der Waals surface area contributed by atoms with Crippen molar-refractivity contribution in [3.63, 3.8) is 0 Å². The van der Waals surface area contributed by atoms with Crippen molar-refractivity contribution >= 4 is 22.6 Å². The maximum absolute atomic E-state index is 12.7. The Morgan fingerprint density at radius 1 is 1.03 bits per heavy atom. The lowest BCUT2D eigenvalue weighted by Gasteiger charge is -2.33. The molecule has 0 atom stereocenters. The van der Waals surface area contributed by atoms with E-state index in [1.165, 1.54) is 6.07 Å². The third kappa shape index (κ3) is 4.31. The average molecular weight is 400 g/mol. The van der Waals surface area contributed by atoms with E-state index in [1.807, 2.05) is 35.2 Å². The van der Waals surface area contributed by atoms with Crippen LogP contribution in [-0.2, 0) is 6.18 Å². The van der Waals surface area contributed by atoms with Crippen LogP contribution in [0.5, 0.6) is 0 Å². The highest BCUT2D eigenvalue weighted by atomic mass is 19.4. The smallest absolute Gasteiger partial charge is 0.356 e. The van der Waals surface area contributed by atoms with Gasteiger partial charge in [-0.1, -0.05) is 24.3 Å². The first-order chi connectivity index (χ1) is 13.9. The van der Waals surface area contributed by atoms with Gasteiger partial charge in [0.2, 0.25) is 0 Å². The number of carbonyl (C=O) groups is 1. The Hall–Kier alpha value is -3.16. The molecule has 1 fully saturated rings. The van der Waals surface area contributed by atoms with E-state index >= 15 is 0 Å². The van der Waals surface area contributed by atoms with Crippen LogP contribution in [0.3, 0.4) is 0 Å². The first-order valence-electron chi connectivity index (χ1n) is 9.35. The van der Waals surface area contributed by atoms with Crippen molar-refractivity contribution in [2.45, 2.75) is 25.1 Å². The standard InChI is InChI=1S/C21H19F3N4O/c22-21(23,24)15-6-8-19(25-13-15)28-11-9-16(10-12-28)26-20(29)18-7-5-14-3-1-2-4-17(14)27-18/h1-8,13,16H,9-12H2,(H,26,29). The largest absolute Gasteiger partial charge is 0.417 e. The molecule has 3 aromatic rings. The summed E-state index contributed by atoms with van der Waals surface area (Å²) in [5.74, 6) is 0.292. The maximum atomic E-state index is 12.7. The molecule has 8 heteroatoms. The highest BCUT2D eigenvalue weighted by molar-refractivity contribution is 5.95. The minimum absolute atomic E-state index is 0.0125. The van der Waals surface area contributed by atoms with E-state index in [9.17, 15) is 18.0 Å². The summed E-state index contributed by atoms with van der Waals surface area (Å²) in [7, 11) is 0. The summed E-state index contributed by atoms with van der Waals surface area (Å²) in [6.07, 6.45) is -2.17. The number of fused-ring (bicyclic) bond motifs is 1. The molecule has 0 aliphatic carbocycles. The van der Waals surface area contributed by atoms with Gasteiger partial charge >= 0.3 is 6.18 Å². The van der Waals surface area contributed by atoms with E-state index in [0.29, 0.717) is 37.4 Å². The first kappa shape index (κ1) is 19.2. The van der Waals surface area contributed by atoms with Gasteiger partial charge in [-0.25, -0.2) is 9.97 Å². The molecule has 5 nitrogen and oxygen atoms in total. The molecule has 1 amide bonds. The van der Waals surface area contributed by atoms with E-state index in [1.54, 1.807) is 6.07 Å². The molecule has 1 saturated heterocycles. The Balaban J connectivity index is 1.35. The van der Waals surface area contributed by atoms with Gasteiger partial charge in [-0.2, -0.15) is 13.2 Å². The Kier molecular flexibility index (Phi) is 5.08. The molecule has 1 aromatic carbocycles. The second-order valence-corrected chi connectivity index (χ2v) is 7.03. The number of hydrogen-bond acceptors (Lipinski definition) is 4. The van der Waals surface area contributed by atoms with Gasteiger partial charge in [-0.15, -0.1) is 0 Å². The number of alkyl halides is 3. The van der Waals surface area contributed by atoms with E-state index < -0.39 is 11.7 Å². The van der Waals surface area contributed by atoms with Crippen molar-refractivity contribution in [3.05, 3.63) is 66.0 Å². The maximum Gasteiger partial charge on any atom is 0.417 e. The fourth-order valence-electron chi connectivity index (χ4n) is 3.45. The molecule has 4 rings (SSSR count). The summed E-state index contributed by atoms with van der Waals surface area (Å²) >= 11 is 0. The number of nitrogens with one attached hydrogen (secondary N) is 1. The molecule has 29 heavy (non-hydrogen) atoms. The van der Waals surface area contributed by atoms with E-state index in [4.69, 9.17) is 0 Å². The molecule has 0 bridgehead atoms. The summed E-state index contributed by atoms with van der Waals surface area (Å²) in [4.78, 5) is 22.8. The summed E-state index contributed by atoms with van der Waals surface area (Å²) < 4.78 is 38.0. The zero-order valence-electron chi connectivity index (χ0n) is 15.5. The van der Waals surface area contributed by atoms with Crippen LogP contribution in [0.2, 0.25) is 0 Å². The Morgan fingerprint density at radius 3 is 2.48 bits per heavy atom. The highest BCUT2D eigenvalue weighted by Crippen LogP contribution is 2.29. The van der Waals surface area contributed by atoms with E-state index in [2.05, 4.69) is 15.3 Å². The molecule has 0 radical (unpaired) electrons. The monoisotopic (exact) mass is 400 g/mol. The predicted octanol–water partition coefficient (Wildman–Crippen LogP) is 4.05. The molecule has 3 heterocycles. The zero-order valence-corrected chi connectivity index (χ0v) is 15.5. The van der Waals surface area contributed by atoms with Crippen molar-refractivity contribution in [1.82, 2.24) is 15.3 Å². The number of pyridine rings is 2. The first-order valence-corrected chi connectivity index (χ1v) is 9.35. The number of nitrogens with zero attached hydrogens (tertiary/aromatic N) is 3. The van der Waals surface area contributed by atoms with E-state index in [-0.39, 0.29) is 11.9 Å². The molecule has 0 unspecified atom stereocenters. The fraction of sp³-hybridized carbons (Fsp3) is 0.286. The number of aromatic nitrogens is 2. The van der Waals surface area contributed by atoms with Gasteiger partial charge in [-0.05, 0) is 37.1 Å². The second kappa shape index (κ2) is 7.69. The lowest BCUT2D eigenvalue weighted by atomic mass is 10.0. The van der Waals surface area contributed by atoms with Gasteiger partial charge in [0, 0.05) is 30.7 Å². The van der Waals surface area contributed by atoms with Crippen LogP contribution >= 0.6 is 0 Å². The number of para-hydroxylation sites is 1. The van der Waals surface area contributed by atoms with Crippen LogP contribution in [0.1, 0.15) is 28.9 Å². The number of rotatable bonds is 3. The van der Waals surface area contributed by atoms with Crippen LogP contribution in [-0.4, -0.2) is 35.0 Å². The van der Waals surface area contributed by atoms with Crippen molar-refractivity contribution in [1.29, 1.82) is 0 Å². The van der Waals surface area contributed by atoms with Crippen LogP contribution in [0.15, 0.2) is 54.7 Å². The lowest BCUT2D eigenvalue weighted by Crippen LogP contribution is -2.45. The van der Waals surface area contributed by atoms with Crippen LogP contribution < -0.4 is 10.2 Å². The summed E-state index contributed by atoms with van der Waals surface area (Å²) in [5.41, 5.74) is 0.380. The average Bonchev–Trinajstić information content (AvgIpc) is 2.73. The van der Waals surface area contributed by atoms with Gasteiger partial charge < -0.3 is 10.2 Å². The molecule has 1 N–H and O–H groups in total. The normalized spacial score (nSPS) is 15.5. The number of carbonyl (C=O) groups excluding carboxylic acids is 1. The molecule has 0 saturated carbocycles. The van der Waals surface area contributed by atoms with Gasteiger partial charge in [0.15, 0.2) is 0 Å². The van der Waals surface area contributed by atoms with Gasteiger partial charge in [-0.3, -0.25) is 4.79 Å². The zero-order chi connectivity index (χ0) is 20.4. The highest BCUT2D eigenvalue weighted by Gasteiger charge is 2.31. The fourth-order valence-corrected chi connectivity index (χ4v) is 3.45.